The van der Waals surface area contributed by atoms with Gasteiger partial charge in [0.05, 0.1) is 20.2 Å². The van der Waals surface area contributed by atoms with Gasteiger partial charge in [-0.1, -0.05) is 36.4 Å². The van der Waals surface area contributed by atoms with Crippen LogP contribution in [-0.4, -0.2) is 31.3 Å². The van der Waals surface area contributed by atoms with Crippen LogP contribution < -0.4 is 15.4 Å². The summed E-state index contributed by atoms with van der Waals surface area (Å²) in [6.07, 6.45) is 1.64. The largest absolute Gasteiger partial charge is 0.497 e. The third-order valence-corrected chi connectivity index (χ3v) is 4.80. The standard InChI is InChI=1S/C21H27N3O2.HI/c1-3-22-20(23-14-16-8-10-18(26-2)11-9-16)24-15-21(25)13-12-17-6-4-5-7-19(17)21;/h4-11,25H,3,12-15H2,1-2H3,(H2,22,23,24);1H. The van der Waals surface area contributed by atoms with Crippen molar-refractivity contribution in [3.05, 3.63) is 65.2 Å². The van der Waals surface area contributed by atoms with Crippen LogP contribution in [-0.2, 0) is 18.6 Å². The zero-order chi connectivity index (χ0) is 18.4. The van der Waals surface area contributed by atoms with Crippen molar-refractivity contribution in [2.24, 2.45) is 4.99 Å². The number of nitrogens with zero attached hydrogens (tertiary/aromatic N) is 1. The van der Waals surface area contributed by atoms with Crippen LogP contribution in [0, 0.1) is 0 Å². The van der Waals surface area contributed by atoms with E-state index in [9.17, 15) is 5.11 Å². The summed E-state index contributed by atoms with van der Waals surface area (Å²) >= 11 is 0. The monoisotopic (exact) mass is 481 g/mol. The predicted octanol–water partition coefficient (Wildman–Crippen LogP) is 3.20. The topological polar surface area (TPSA) is 65.9 Å². The van der Waals surface area contributed by atoms with E-state index < -0.39 is 5.60 Å². The van der Waals surface area contributed by atoms with Gasteiger partial charge in [-0.25, -0.2) is 4.99 Å². The molecule has 0 aromatic heterocycles. The van der Waals surface area contributed by atoms with Gasteiger partial charge in [0.1, 0.15) is 11.4 Å². The fourth-order valence-electron chi connectivity index (χ4n) is 3.33. The minimum Gasteiger partial charge on any atom is -0.497 e. The van der Waals surface area contributed by atoms with E-state index in [2.05, 4.69) is 21.7 Å². The molecule has 1 aliphatic rings. The van der Waals surface area contributed by atoms with E-state index in [1.165, 1.54) is 5.56 Å². The van der Waals surface area contributed by atoms with Crippen LogP contribution >= 0.6 is 24.0 Å². The number of hydrogen-bond acceptors (Lipinski definition) is 3. The minimum atomic E-state index is -0.840. The maximum absolute atomic E-state index is 11.0. The van der Waals surface area contributed by atoms with E-state index >= 15 is 0 Å². The number of ether oxygens (including phenoxy) is 1. The van der Waals surface area contributed by atoms with Crippen molar-refractivity contribution in [2.75, 3.05) is 20.2 Å². The fraction of sp³-hybridized carbons (Fsp3) is 0.381. The molecule has 6 heteroatoms. The number of fused-ring (bicyclic) bond motifs is 1. The molecule has 0 fully saturated rings. The molecule has 0 bridgehead atoms. The first kappa shape index (κ1) is 21.5. The smallest absolute Gasteiger partial charge is 0.191 e. The molecule has 0 amide bonds. The van der Waals surface area contributed by atoms with Crippen molar-refractivity contribution < 1.29 is 9.84 Å². The Kier molecular flexibility index (Phi) is 7.91. The van der Waals surface area contributed by atoms with Gasteiger partial charge in [-0.2, -0.15) is 0 Å². The first-order chi connectivity index (χ1) is 12.6. The number of aryl methyl sites for hydroxylation is 1. The van der Waals surface area contributed by atoms with Gasteiger partial charge >= 0.3 is 0 Å². The highest BCUT2D eigenvalue weighted by Crippen LogP contribution is 2.36. The Morgan fingerprint density at radius 2 is 1.89 bits per heavy atom. The summed E-state index contributed by atoms with van der Waals surface area (Å²) in [7, 11) is 1.66. The van der Waals surface area contributed by atoms with Crippen LogP contribution in [0.5, 0.6) is 5.75 Å². The number of aliphatic imine (C=N–C) groups is 1. The van der Waals surface area contributed by atoms with Crippen molar-refractivity contribution in [2.45, 2.75) is 31.9 Å². The summed E-state index contributed by atoms with van der Waals surface area (Å²) in [6.45, 7) is 3.81. The van der Waals surface area contributed by atoms with E-state index in [1.807, 2.05) is 49.4 Å². The summed E-state index contributed by atoms with van der Waals surface area (Å²) in [4.78, 5) is 4.63. The normalized spacial score (nSPS) is 18.4. The number of aliphatic hydroxyl groups is 1. The lowest BCUT2D eigenvalue weighted by molar-refractivity contribution is 0.0432. The van der Waals surface area contributed by atoms with E-state index in [1.54, 1.807) is 7.11 Å². The highest BCUT2D eigenvalue weighted by atomic mass is 127. The summed E-state index contributed by atoms with van der Waals surface area (Å²) in [5.74, 6) is 1.55. The average molecular weight is 481 g/mol. The highest BCUT2D eigenvalue weighted by Gasteiger charge is 2.36. The van der Waals surface area contributed by atoms with E-state index in [0.717, 1.165) is 36.3 Å². The molecule has 2 aromatic rings. The van der Waals surface area contributed by atoms with Crippen LogP contribution in [0.4, 0.5) is 0 Å². The molecular formula is C21H28IN3O2. The molecular weight excluding hydrogens is 453 g/mol. The van der Waals surface area contributed by atoms with Crippen molar-refractivity contribution in [3.8, 4) is 5.75 Å². The molecule has 3 N–H and O–H groups in total. The highest BCUT2D eigenvalue weighted by molar-refractivity contribution is 14.0. The summed E-state index contributed by atoms with van der Waals surface area (Å²) in [6, 6.07) is 16.0. The number of methoxy groups -OCH3 is 1. The molecule has 0 saturated heterocycles. The second-order valence-electron chi connectivity index (χ2n) is 6.59. The minimum absolute atomic E-state index is 0. The molecule has 1 atom stereocenters. The lowest BCUT2D eigenvalue weighted by Crippen LogP contribution is -2.45. The number of hydrogen-bond donors (Lipinski definition) is 3. The van der Waals surface area contributed by atoms with E-state index in [0.29, 0.717) is 19.0 Å². The Morgan fingerprint density at radius 1 is 1.15 bits per heavy atom. The Labute approximate surface area is 178 Å². The van der Waals surface area contributed by atoms with Gasteiger partial charge < -0.3 is 20.5 Å². The van der Waals surface area contributed by atoms with Gasteiger partial charge in [-0.15, -0.1) is 24.0 Å². The van der Waals surface area contributed by atoms with E-state index in [4.69, 9.17) is 4.74 Å². The quantitative estimate of drug-likeness (QED) is 0.337. The number of nitrogens with one attached hydrogen (secondary N) is 2. The van der Waals surface area contributed by atoms with Crippen LogP contribution in [0.25, 0.3) is 0 Å². The molecule has 2 aromatic carbocycles. The van der Waals surface area contributed by atoms with Gasteiger partial charge in [-0.3, -0.25) is 0 Å². The molecule has 146 valence electrons. The van der Waals surface area contributed by atoms with Crippen LogP contribution in [0.15, 0.2) is 53.5 Å². The molecule has 0 radical (unpaired) electrons. The second kappa shape index (κ2) is 9.94. The second-order valence-corrected chi connectivity index (χ2v) is 6.59. The summed E-state index contributed by atoms with van der Waals surface area (Å²) in [5, 5.41) is 17.6. The first-order valence-electron chi connectivity index (χ1n) is 9.10. The third kappa shape index (κ3) is 5.35. The van der Waals surface area contributed by atoms with Crippen molar-refractivity contribution >= 4 is 29.9 Å². The Bertz CT molecular complexity index is 764. The molecule has 0 spiro atoms. The summed E-state index contributed by atoms with van der Waals surface area (Å²) < 4.78 is 5.18. The Hall–Kier alpha value is -1.80. The zero-order valence-corrected chi connectivity index (χ0v) is 18.2. The molecule has 0 heterocycles. The molecule has 3 rings (SSSR count). The first-order valence-corrected chi connectivity index (χ1v) is 9.10. The Morgan fingerprint density at radius 3 is 2.59 bits per heavy atom. The number of benzene rings is 2. The van der Waals surface area contributed by atoms with Crippen LogP contribution in [0.3, 0.4) is 0 Å². The Balaban J connectivity index is 0.00000261. The van der Waals surface area contributed by atoms with Crippen molar-refractivity contribution in [1.29, 1.82) is 0 Å². The van der Waals surface area contributed by atoms with Crippen LogP contribution in [0.1, 0.15) is 30.0 Å². The summed E-state index contributed by atoms with van der Waals surface area (Å²) in [5.41, 5.74) is 2.52. The molecule has 5 nitrogen and oxygen atoms in total. The maximum atomic E-state index is 11.0. The molecule has 0 saturated carbocycles. The SMILES string of the molecule is CCNC(=NCc1ccc(OC)cc1)NCC1(O)CCc2ccccc21.I. The lowest BCUT2D eigenvalue weighted by atomic mass is 9.96. The zero-order valence-electron chi connectivity index (χ0n) is 15.9. The fourth-order valence-corrected chi connectivity index (χ4v) is 3.33. The van der Waals surface area contributed by atoms with Gasteiger partial charge in [0.2, 0.25) is 0 Å². The van der Waals surface area contributed by atoms with Crippen molar-refractivity contribution in [3.63, 3.8) is 0 Å². The van der Waals surface area contributed by atoms with Crippen LogP contribution in [0.2, 0.25) is 0 Å². The molecule has 27 heavy (non-hydrogen) atoms. The molecule has 1 unspecified atom stereocenters. The van der Waals surface area contributed by atoms with Gasteiger partial charge in [-0.05, 0) is 48.6 Å². The number of halogens is 1. The molecule has 1 aliphatic carbocycles. The lowest BCUT2D eigenvalue weighted by Gasteiger charge is -2.25. The third-order valence-electron chi connectivity index (χ3n) is 4.80. The molecule has 0 aliphatic heterocycles. The number of guanidine groups is 1. The van der Waals surface area contributed by atoms with Gasteiger partial charge in [0, 0.05) is 6.54 Å². The van der Waals surface area contributed by atoms with Crippen molar-refractivity contribution in [1.82, 2.24) is 10.6 Å². The maximum Gasteiger partial charge on any atom is 0.191 e. The van der Waals surface area contributed by atoms with E-state index in [-0.39, 0.29) is 24.0 Å². The van der Waals surface area contributed by atoms with Gasteiger partial charge in [0.25, 0.3) is 0 Å². The number of rotatable bonds is 6. The predicted molar refractivity (Wildman–Crippen MR) is 120 cm³/mol. The van der Waals surface area contributed by atoms with Gasteiger partial charge in [0.15, 0.2) is 5.96 Å². The average Bonchev–Trinajstić information content (AvgIpc) is 3.02.